The van der Waals surface area contributed by atoms with Crippen molar-refractivity contribution < 1.29 is 10.6 Å². The zero-order valence-electron chi connectivity index (χ0n) is 5.45. The topological polar surface area (TPSA) is 73.7 Å². The smallest absolute Gasteiger partial charge is 0.131 e. The average molecular weight is 119 g/mol. The largest absolute Gasteiger partial charge is 0.412 e. The standard InChI is InChI=1S/C5H11NO.H2O/c1-4(2)5(3,7)6-4;/h6-7H,1-3H3;1H2. The van der Waals surface area contributed by atoms with Crippen LogP contribution in [0.25, 0.3) is 0 Å². The first-order chi connectivity index (χ1) is 2.96. The fourth-order valence-corrected chi connectivity index (χ4v) is 0.577. The van der Waals surface area contributed by atoms with Gasteiger partial charge in [-0.1, -0.05) is 0 Å². The molecule has 0 radical (unpaired) electrons. The Morgan fingerprint density at radius 1 is 1.25 bits per heavy atom. The van der Waals surface area contributed by atoms with Crippen LogP contribution in [0.1, 0.15) is 20.8 Å². The first-order valence-corrected chi connectivity index (χ1v) is 2.47. The van der Waals surface area contributed by atoms with E-state index in [-0.39, 0.29) is 11.0 Å². The quantitative estimate of drug-likeness (QED) is 0.412. The molecule has 1 saturated heterocycles. The van der Waals surface area contributed by atoms with E-state index in [4.69, 9.17) is 5.11 Å². The van der Waals surface area contributed by atoms with Gasteiger partial charge in [-0.2, -0.15) is 0 Å². The lowest BCUT2D eigenvalue weighted by Crippen LogP contribution is -2.14. The van der Waals surface area contributed by atoms with Crippen molar-refractivity contribution in [2.45, 2.75) is 32.0 Å². The Bertz CT molecular complexity index is 86.6. The third-order valence-corrected chi connectivity index (χ3v) is 1.71. The van der Waals surface area contributed by atoms with Gasteiger partial charge in [0.25, 0.3) is 0 Å². The summed E-state index contributed by atoms with van der Waals surface area (Å²) < 4.78 is 0. The van der Waals surface area contributed by atoms with Crippen LogP contribution in [0.2, 0.25) is 0 Å². The van der Waals surface area contributed by atoms with E-state index in [0.29, 0.717) is 0 Å². The third-order valence-electron chi connectivity index (χ3n) is 1.71. The Kier molecular flexibility index (Phi) is 1.41. The molecule has 4 N–H and O–H groups in total. The molecular formula is C5H13NO2. The van der Waals surface area contributed by atoms with Crippen molar-refractivity contribution in [1.82, 2.24) is 5.32 Å². The van der Waals surface area contributed by atoms with Crippen LogP contribution < -0.4 is 5.32 Å². The SMILES string of the molecule is CC1(C)NC1(C)O.O. The van der Waals surface area contributed by atoms with E-state index in [1.807, 2.05) is 13.8 Å². The average Bonchev–Trinajstić information content (AvgIpc) is 1.63. The van der Waals surface area contributed by atoms with Gasteiger partial charge >= 0.3 is 0 Å². The van der Waals surface area contributed by atoms with Crippen molar-refractivity contribution in [3.63, 3.8) is 0 Å². The lowest BCUT2D eigenvalue weighted by Gasteiger charge is -1.98. The lowest BCUT2D eigenvalue weighted by molar-refractivity contribution is 0.143. The van der Waals surface area contributed by atoms with E-state index >= 15 is 0 Å². The number of rotatable bonds is 0. The van der Waals surface area contributed by atoms with Crippen molar-refractivity contribution in [2.24, 2.45) is 0 Å². The number of nitrogens with one attached hydrogen (secondary N) is 1. The van der Waals surface area contributed by atoms with Crippen LogP contribution in [0.4, 0.5) is 0 Å². The minimum absolute atomic E-state index is 0. The Morgan fingerprint density at radius 3 is 1.38 bits per heavy atom. The molecule has 1 heterocycles. The molecule has 1 unspecified atom stereocenters. The molecular weight excluding hydrogens is 106 g/mol. The Hall–Kier alpha value is -0.120. The molecule has 0 bridgehead atoms. The first kappa shape index (κ1) is 7.88. The van der Waals surface area contributed by atoms with Gasteiger partial charge in [0.05, 0.1) is 5.54 Å². The zero-order valence-corrected chi connectivity index (χ0v) is 5.45. The molecule has 3 nitrogen and oxygen atoms in total. The van der Waals surface area contributed by atoms with Crippen LogP contribution in [-0.2, 0) is 0 Å². The summed E-state index contributed by atoms with van der Waals surface area (Å²) in [7, 11) is 0. The zero-order chi connectivity index (χ0) is 5.71. The minimum atomic E-state index is -0.604. The van der Waals surface area contributed by atoms with Gasteiger partial charge in [-0.25, -0.2) is 0 Å². The second kappa shape index (κ2) is 1.43. The van der Waals surface area contributed by atoms with E-state index in [9.17, 15) is 0 Å². The maximum atomic E-state index is 9.05. The Balaban J connectivity index is 0.000000490. The molecule has 0 aliphatic carbocycles. The summed E-state index contributed by atoms with van der Waals surface area (Å²) >= 11 is 0. The van der Waals surface area contributed by atoms with Gasteiger partial charge in [-0.3, -0.25) is 5.32 Å². The van der Waals surface area contributed by atoms with E-state index in [0.717, 1.165) is 0 Å². The molecule has 50 valence electrons. The second-order valence-electron chi connectivity index (χ2n) is 2.82. The lowest BCUT2D eigenvalue weighted by atomic mass is 10.1. The van der Waals surface area contributed by atoms with Crippen LogP contribution in [0.15, 0.2) is 0 Å². The fourth-order valence-electron chi connectivity index (χ4n) is 0.577. The molecule has 8 heavy (non-hydrogen) atoms. The van der Waals surface area contributed by atoms with Gasteiger partial charge < -0.3 is 10.6 Å². The van der Waals surface area contributed by atoms with Gasteiger partial charge in [-0.15, -0.1) is 0 Å². The summed E-state index contributed by atoms with van der Waals surface area (Å²) in [6.45, 7) is 5.70. The maximum absolute atomic E-state index is 9.05. The summed E-state index contributed by atoms with van der Waals surface area (Å²) in [5.74, 6) is 0. The van der Waals surface area contributed by atoms with Gasteiger partial charge in [0.2, 0.25) is 0 Å². The van der Waals surface area contributed by atoms with E-state index < -0.39 is 5.72 Å². The fraction of sp³-hybridized carbons (Fsp3) is 1.00. The number of aliphatic hydroxyl groups is 1. The molecule has 1 atom stereocenters. The van der Waals surface area contributed by atoms with Crippen molar-refractivity contribution in [3.05, 3.63) is 0 Å². The molecule has 1 aliphatic heterocycles. The number of hydrogen-bond donors (Lipinski definition) is 2. The molecule has 1 rings (SSSR count). The van der Waals surface area contributed by atoms with Crippen molar-refractivity contribution in [2.75, 3.05) is 0 Å². The highest BCUT2D eigenvalue weighted by molar-refractivity contribution is 5.11. The van der Waals surface area contributed by atoms with Crippen LogP contribution in [0, 0.1) is 0 Å². The molecule has 0 amide bonds. The molecule has 0 saturated carbocycles. The molecule has 0 aromatic heterocycles. The van der Waals surface area contributed by atoms with E-state index in [2.05, 4.69) is 5.32 Å². The highest BCUT2D eigenvalue weighted by Crippen LogP contribution is 2.33. The summed E-state index contributed by atoms with van der Waals surface area (Å²) in [6, 6.07) is 0. The molecule has 1 fully saturated rings. The molecule has 0 spiro atoms. The molecule has 3 heteroatoms. The number of hydrogen-bond acceptors (Lipinski definition) is 2. The van der Waals surface area contributed by atoms with Gasteiger partial charge in [0.1, 0.15) is 5.72 Å². The van der Waals surface area contributed by atoms with Crippen LogP contribution in [-0.4, -0.2) is 21.8 Å². The van der Waals surface area contributed by atoms with Crippen molar-refractivity contribution >= 4 is 0 Å². The predicted molar refractivity (Wildman–Crippen MR) is 31.5 cm³/mol. The monoisotopic (exact) mass is 119 g/mol. The highest BCUT2D eigenvalue weighted by atomic mass is 16.3. The Morgan fingerprint density at radius 2 is 1.38 bits per heavy atom. The predicted octanol–water partition coefficient (Wildman–Crippen LogP) is -0.748. The second-order valence-corrected chi connectivity index (χ2v) is 2.82. The molecule has 0 aromatic carbocycles. The molecule has 0 aromatic rings. The Labute approximate surface area is 49.0 Å². The molecule has 1 aliphatic rings. The van der Waals surface area contributed by atoms with Gasteiger partial charge in [-0.05, 0) is 20.8 Å². The van der Waals surface area contributed by atoms with Crippen molar-refractivity contribution in [3.8, 4) is 0 Å². The van der Waals surface area contributed by atoms with Crippen LogP contribution in [0.5, 0.6) is 0 Å². The summed E-state index contributed by atoms with van der Waals surface area (Å²) in [5, 5.41) is 12.0. The first-order valence-electron chi connectivity index (χ1n) is 2.47. The van der Waals surface area contributed by atoms with Crippen LogP contribution in [0.3, 0.4) is 0 Å². The van der Waals surface area contributed by atoms with Gasteiger partial charge in [0, 0.05) is 0 Å². The van der Waals surface area contributed by atoms with E-state index in [1.165, 1.54) is 0 Å². The van der Waals surface area contributed by atoms with E-state index in [1.54, 1.807) is 6.92 Å². The normalized spacial score (nSPS) is 40.5. The summed E-state index contributed by atoms with van der Waals surface area (Å²) in [4.78, 5) is 0. The summed E-state index contributed by atoms with van der Waals surface area (Å²) in [5.41, 5.74) is -0.653. The van der Waals surface area contributed by atoms with Gasteiger partial charge in [0.15, 0.2) is 0 Å². The minimum Gasteiger partial charge on any atom is -0.412 e. The summed E-state index contributed by atoms with van der Waals surface area (Å²) in [6.07, 6.45) is 0. The maximum Gasteiger partial charge on any atom is 0.131 e. The third kappa shape index (κ3) is 0.844. The highest BCUT2D eigenvalue weighted by Gasteiger charge is 2.55. The van der Waals surface area contributed by atoms with Crippen LogP contribution >= 0.6 is 0 Å². The van der Waals surface area contributed by atoms with Crippen molar-refractivity contribution in [1.29, 1.82) is 0 Å².